The minimum Gasteiger partial charge on any atom is -0.492 e. The molecule has 0 atom stereocenters. The van der Waals surface area contributed by atoms with Crippen LogP contribution in [0.3, 0.4) is 0 Å². The summed E-state index contributed by atoms with van der Waals surface area (Å²) in [6.07, 6.45) is 0.285. The molecule has 1 aromatic rings. The Balaban J connectivity index is 3.09. The van der Waals surface area contributed by atoms with Crippen LogP contribution in [-0.2, 0) is 0 Å². The number of rotatable bonds is 5. The number of nitrogens with zero attached hydrogens (tertiary/aromatic N) is 1. The van der Waals surface area contributed by atoms with Crippen LogP contribution in [0, 0.1) is 15.5 Å². The lowest BCUT2D eigenvalue weighted by molar-refractivity contribution is -0.384. The summed E-state index contributed by atoms with van der Waals surface area (Å²) in [4.78, 5) is 22.1. The second kappa shape index (κ2) is 5.82. The number of hydrogen-bond donors (Lipinski definition) is 0. The highest BCUT2D eigenvalue weighted by Gasteiger charge is 2.18. The topological polar surface area (TPSA) is 69.4 Å². The van der Waals surface area contributed by atoms with E-state index in [2.05, 4.69) is 0 Å². The molecule has 104 valence electrons. The highest BCUT2D eigenvalue weighted by molar-refractivity contribution is 5.99. The summed E-state index contributed by atoms with van der Waals surface area (Å²) in [5, 5.41) is 10.7. The monoisotopic (exact) mass is 265 g/mol. The number of Topliss-reactive ketones (excluding diaryl/α,β-unsaturated/α-hetero) is 1. The number of ketones is 1. The Kier molecular flexibility index (Phi) is 4.64. The van der Waals surface area contributed by atoms with Crippen LogP contribution in [0.1, 0.15) is 44.5 Å². The normalized spacial score (nSPS) is 11.2. The van der Waals surface area contributed by atoms with Crippen molar-refractivity contribution >= 4 is 11.5 Å². The molecule has 0 saturated heterocycles. The van der Waals surface area contributed by atoms with E-state index in [9.17, 15) is 14.9 Å². The minimum atomic E-state index is -0.514. The number of benzene rings is 1. The highest BCUT2D eigenvalue weighted by atomic mass is 16.6. The molecule has 0 radical (unpaired) electrons. The van der Waals surface area contributed by atoms with Gasteiger partial charge in [0.2, 0.25) is 0 Å². The number of carbonyl (C=O) groups is 1. The van der Waals surface area contributed by atoms with Gasteiger partial charge in [0, 0.05) is 18.6 Å². The standard InChI is InChI=1S/C14H19NO4/c1-5-12(16)11-8-10(15(17)18)6-7-13(11)19-9-14(2,3)4/h6-8H,5,9H2,1-4H3. The average Bonchev–Trinajstić information content (AvgIpc) is 2.34. The molecule has 5 nitrogen and oxygen atoms in total. The Labute approximate surface area is 112 Å². The van der Waals surface area contributed by atoms with Crippen molar-refractivity contribution in [2.24, 2.45) is 5.41 Å². The number of non-ortho nitro benzene ring substituents is 1. The third-order valence-corrected chi connectivity index (χ3v) is 2.46. The molecule has 19 heavy (non-hydrogen) atoms. The molecule has 0 bridgehead atoms. The van der Waals surface area contributed by atoms with Gasteiger partial charge < -0.3 is 4.74 Å². The molecule has 0 aliphatic carbocycles. The summed E-state index contributed by atoms with van der Waals surface area (Å²) in [5.74, 6) is 0.250. The molecule has 1 rings (SSSR count). The van der Waals surface area contributed by atoms with Crippen LogP contribution in [0.25, 0.3) is 0 Å². The van der Waals surface area contributed by atoms with Crippen LogP contribution >= 0.6 is 0 Å². The van der Waals surface area contributed by atoms with E-state index in [4.69, 9.17) is 4.74 Å². The molecule has 0 heterocycles. The first-order valence-corrected chi connectivity index (χ1v) is 6.19. The van der Waals surface area contributed by atoms with Gasteiger partial charge in [-0.25, -0.2) is 0 Å². The molecule has 1 aromatic carbocycles. The Morgan fingerprint density at radius 1 is 1.37 bits per heavy atom. The molecule has 0 N–H and O–H groups in total. The van der Waals surface area contributed by atoms with E-state index < -0.39 is 4.92 Å². The van der Waals surface area contributed by atoms with Gasteiger partial charge >= 0.3 is 0 Å². The summed E-state index contributed by atoms with van der Waals surface area (Å²) in [7, 11) is 0. The number of carbonyl (C=O) groups excluding carboxylic acids is 1. The van der Waals surface area contributed by atoms with Gasteiger partial charge in [-0.05, 0) is 11.5 Å². The Bertz CT molecular complexity index is 489. The maximum atomic E-state index is 11.8. The minimum absolute atomic E-state index is 0.0473. The summed E-state index contributed by atoms with van der Waals surface area (Å²) in [5.41, 5.74) is 0.134. The van der Waals surface area contributed by atoms with Gasteiger partial charge in [0.1, 0.15) is 5.75 Å². The molecule has 0 saturated carbocycles. The van der Waals surface area contributed by atoms with Gasteiger partial charge in [0.15, 0.2) is 5.78 Å². The maximum Gasteiger partial charge on any atom is 0.270 e. The molecule has 0 aliphatic heterocycles. The van der Waals surface area contributed by atoms with Gasteiger partial charge in [-0.3, -0.25) is 14.9 Å². The van der Waals surface area contributed by atoms with E-state index in [1.165, 1.54) is 18.2 Å². The van der Waals surface area contributed by atoms with E-state index in [1.54, 1.807) is 6.92 Å². The lowest BCUT2D eigenvalue weighted by Gasteiger charge is -2.20. The van der Waals surface area contributed by atoms with Gasteiger partial charge in [-0.15, -0.1) is 0 Å². The third kappa shape index (κ3) is 4.35. The molecule has 5 heteroatoms. The molecule has 0 spiro atoms. The lowest BCUT2D eigenvalue weighted by Crippen LogP contribution is -2.18. The van der Waals surface area contributed by atoms with Crippen LogP contribution in [0.15, 0.2) is 18.2 Å². The van der Waals surface area contributed by atoms with Gasteiger partial charge in [-0.2, -0.15) is 0 Å². The summed E-state index contributed by atoms with van der Waals surface area (Å²) in [6.45, 7) is 8.20. The summed E-state index contributed by atoms with van der Waals surface area (Å²) >= 11 is 0. The predicted octanol–water partition coefficient (Wildman–Crippen LogP) is 3.61. The molecule has 0 aromatic heterocycles. The number of nitro groups is 1. The number of ether oxygens (including phenoxy) is 1. The van der Waals surface area contributed by atoms with Crippen molar-refractivity contribution in [1.82, 2.24) is 0 Å². The van der Waals surface area contributed by atoms with Crippen molar-refractivity contribution in [2.45, 2.75) is 34.1 Å². The van der Waals surface area contributed by atoms with Crippen molar-refractivity contribution in [2.75, 3.05) is 6.61 Å². The van der Waals surface area contributed by atoms with Gasteiger partial charge in [0.05, 0.1) is 17.1 Å². The fourth-order valence-corrected chi connectivity index (χ4v) is 1.46. The average molecular weight is 265 g/mol. The lowest BCUT2D eigenvalue weighted by atomic mass is 9.98. The van der Waals surface area contributed by atoms with Crippen LogP contribution in [0.5, 0.6) is 5.75 Å². The fourth-order valence-electron chi connectivity index (χ4n) is 1.46. The molecule has 0 aliphatic rings. The Morgan fingerprint density at radius 3 is 2.47 bits per heavy atom. The highest BCUT2D eigenvalue weighted by Crippen LogP contribution is 2.27. The molecule has 0 fully saturated rings. The van der Waals surface area contributed by atoms with Crippen molar-refractivity contribution in [3.8, 4) is 5.75 Å². The second-order valence-electron chi connectivity index (χ2n) is 5.56. The van der Waals surface area contributed by atoms with Crippen LogP contribution in [0.4, 0.5) is 5.69 Å². The van der Waals surface area contributed by atoms with E-state index in [0.717, 1.165) is 0 Å². The quantitative estimate of drug-likeness (QED) is 0.463. The first-order valence-electron chi connectivity index (χ1n) is 6.19. The zero-order valence-corrected chi connectivity index (χ0v) is 11.7. The molecular formula is C14H19NO4. The molecule has 0 unspecified atom stereocenters. The van der Waals surface area contributed by atoms with Gasteiger partial charge in [0.25, 0.3) is 5.69 Å². The Hall–Kier alpha value is -1.91. The third-order valence-electron chi connectivity index (χ3n) is 2.46. The van der Waals surface area contributed by atoms with E-state index in [1.807, 2.05) is 20.8 Å². The second-order valence-corrected chi connectivity index (χ2v) is 5.56. The molecular weight excluding hydrogens is 246 g/mol. The number of hydrogen-bond acceptors (Lipinski definition) is 4. The fraction of sp³-hybridized carbons (Fsp3) is 0.500. The zero-order valence-electron chi connectivity index (χ0n) is 11.7. The van der Waals surface area contributed by atoms with Crippen LogP contribution in [0.2, 0.25) is 0 Å². The van der Waals surface area contributed by atoms with Crippen molar-refractivity contribution in [1.29, 1.82) is 0 Å². The maximum absolute atomic E-state index is 11.8. The zero-order chi connectivity index (χ0) is 14.6. The van der Waals surface area contributed by atoms with Crippen LogP contribution in [-0.4, -0.2) is 17.3 Å². The SMILES string of the molecule is CCC(=O)c1cc([N+](=O)[O-])ccc1OCC(C)(C)C. The van der Waals surface area contributed by atoms with E-state index >= 15 is 0 Å². The largest absolute Gasteiger partial charge is 0.492 e. The van der Waals surface area contributed by atoms with Crippen molar-refractivity contribution in [3.63, 3.8) is 0 Å². The predicted molar refractivity (Wildman–Crippen MR) is 72.7 cm³/mol. The number of nitro benzene ring substituents is 1. The smallest absolute Gasteiger partial charge is 0.270 e. The summed E-state index contributed by atoms with van der Waals surface area (Å²) < 4.78 is 5.62. The van der Waals surface area contributed by atoms with Crippen LogP contribution < -0.4 is 4.74 Å². The van der Waals surface area contributed by atoms with Crippen molar-refractivity contribution < 1.29 is 14.5 Å². The summed E-state index contributed by atoms with van der Waals surface area (Å²) in [6, 6.07) is 4.13. The first-order chi connectivity index (χ1) is 8.74. The molecule has 0 amide bonds. The Morgan fingerprint density at radius 2 is 2.00 bits per heavy atom. The van der Waals surface area contributed by atoms with E-state index in [-0.39, 0.29) is 28.9 Å². The first kappa shape index (κ1) is 15.1. The van der Waals surface area contributed by atoms with Gasteiger partial charge in [-0.1, -0.05) is 27.7 Å². The van der Waals surface area contributed by atoms with E-state index in [0.29, 0.717) is 12.4 Å². The van der Waals surface area contributed by atoms with Crippen molar-refractivity contribution in [3.05, 3.63) is 33.9 Å².